The Morgan fingerprint density at radius 2 is 0.789 bits per heavy atom. The van der Waals surface area contributed by atoms with Crippen LogP contribution in [0.5, 0.6) is 34.5 Å². The van der Waals surface area contributed by atoms with Crippen molar-refractivity contribution in [3.63, 3.8) is 0 Å². The Kier molecular flexibility index (Phi) is 48.5. The molecule has 2 fully saturated rings. The van der Waals surface area contributed by atoms with Crippen molar-refractivity contribution >= 4 is 47.6 Å². The number of likely N-dealkylation sites (N-methyl/N-ethyl adjacent to an activating group) is 4. The first-order valence-corrected chi connectivity index (χ1v) is 35.8. The first-order chi connectivity index (χ1) is 51.9. The number of carboxylic acids is 1. The number of aliphatic hydroxyl groups excluding tert-OH is 4. The van der Waals surface area contributed by atoms with Crippen LogP contribution >= 0.6 is 0 Å². The number of benzene rings is 6. The summed E-state index contributed by atoms with van der Waals surface area (Å²) in [6.07, 6.45) is 3.98. The van der Waals surface area contributed by atoms with E-state index in [1.807, 2.05) is 185 Å². The molecule has 4 atom stereocenters. The standard InChI is InChI=1S/C24H31NO6.C20H27NO3.C15H16O2.C10H19NO4.C5H13NO2.2C4H4O3/c1-25(2)16-21(31-24(28)14-13-23(26)27)17-30-22-10-5-4-8-19(22)12-11-18-7-6-9-20(15-18)29-3;1-21(2)14-18(22)15-24-20-10-5-4-8-17(20)12-11-16-7-6-9-19(13-16)23-3;1-17-14-7-4-5-12(11-14)9-10-13-6-2-3-8-15(13)16;1-8(13)4-5-10(14)15-9(7-12)6-11(2)3;1-6(2)3-5(8)4-7;2*5-3-1-2-4(6)7-3/h4-10,15,21H,11-14,16-17H2,1-3H3,(H,26,27);4-10,13,18,22H,11-12,14-15H2,1-3H3;2-8,11,16H,9-10H2,1H3;9,12H,4-7H2,1-3H3;5,7-8H,3-4H2,1-2H3;2*1-2H2/p+1. The molecule has 0 amide bonds. The second-order valence-corrected chi connectivity index (χ2v) is 26.3. The van der Waals surface area contributed by atoms with Crippen LogP contribution in [0.2, 0.25) is 0 Å². The monoisotopic (exact) mass is 1520 g/mol. The molecule has 109 heavy (non-hydrogen) atoms. The van der Waals surface area contributed by atoms with E-state index in [0.29, 0.717) is 38.5 Å². The van der Waals surface area contributed by atoms with Gasteiger partial charge in [-0.1, -0.05) is 91.0 Å². The fraction of sp³-hybridized carbons (Fsp3) is 0.463. The molecule has 27 nitrogen and oxygen atoms in total. The van der Waals surface area contributed by atoms with E-state index < -0.39 is 66.2 Å². The molecule has 600 valence electrons. The zero-order chi connectivity index (χ0) is 81.1. The van der Waals surface area contributed by atoms with Gasteiger partial charge in [-0.2, -0.15) is 0 Å². The number of rotatable bonds is 36. The second kappa shape index (κ2) is 55.5. The third-order valence-corrected chi connectivity index (χ3v) is 15.3. The highest BCUT2D eigenvalue weighted by Crippen LogP contribution is 2.25. The number of carbonyl (C=O) groups is 8. The molecule has 2 aliphatic heterocycles. The summed E-state index contributed by atoms with van der Waals surface area (Å²) in [4.78, 5) is 92.0. The molecular weight excluding hydrogens is 1410 g/mol. The SMILES string of the molecule is CC(=O)CCC(=O)OC(CO)CN(C)C.CN(C)CC(O)CO.COc1cccc(CCc2ccccc2O)c1.COc1cccc(CCc2ccccc2OCC(CN(C)C)OC(=O)CCC(=O)O)c1.COc1cccc(CCc2ccccc2OCC(O)CN(C)C)c1.O=C1CCC(=O)O1.O=C1CCC(=O)O1.[H+]. The molecule has 2 heterocycles. The zero-order valence-corrected chi connectivity index (χ0v) is 65.1. The smallest absolute Gasteiger partial charge is 0.508 e. The first kappa shape index (κ1) is 95.2. The number of aryl methyl sites for hydroxylation is 6. The highest BCUT2D eigenvalue weighted by molar-refractivity contribution is 5.93. The van der Waals surface area contributed by atoms with E-state index in [4.69, 9.17) is 53.6 Å². The number of cyclic esters (lactones) is 4. The number of phenols is 1. The molecule has 0 spiro atoms. The normalized spacial score (nSPS) is 13.0. The number of hydrogen-bond acceptors (Lipinski definition) is 26. The summed E-state index contributed by atoms with van der Waals surface area (Å²) in [5.41, 5.74) is 6.82. The summed E-state index contributed by atoms with van der Waals surface area (Å²) >= 11 is 0. The van der Waals surface area contributed by atoms with Crippen LogP contribution in [0, 0.1) is 0 Å². The Morgan fingerprint density at radius 3 is 1.14 bits per heavy atom. The Balaban J connectivity index is 0.000000683. The molecule has 4 unspecified atom stereocenters. The molecule has 6 aromatic carbocycles. The molecule has 2 aliphatic rings. The topological polar surface area (TPSA) is 354 Å². The Labute approximate surface area is 642 Å². The highest BCUT2D eigenvalue weighted by Gasteiger charge is 2.22. The zero-order valence-electron chi connectivity index (χ0n) is 66.1. The number of nitrogens with zero attached hydrogens (tertiary/aromatic N) is 4. The van der Waals surface area contributed by atoms with Crippen molar-refractivity contribution in [2.24, 2.45) is 0 Å². The Hall–Kier alpha value is -9.84. The molecule has 2 saturated heterocycles. The first-order valence-electron chi connectivity index (χ1n) is 35.8. The van der Waals surface area contributed by atoms with E-state index in [0.717, 1.165) is 84.0 Å². The quantitative estimate of drug-likeness (QED) is 0.0125. The average Bonchev–Trinajstić information content (AvgIpc) is 1.14. The van der Waals surface area contributed by atoms with Crippen LogP contribution in [0.25, 0.3) is 0 Å². The van der Waals surface area contributed by atoms with Gasteiger partial charge in [-0.05, 0) is 190 Å². The number of Topliss-reactive ketones (excluding diaryl/α,β-unsaturated/α-hetero) is 1. The fourth-order valence-corrected chi connectivity index (χ4v) is 9.98. The number of carbonyl (C=O) groups excluding carboxylic acids is 7. The van der Waals surface area contributed by atoms with Crippen LogP contribution in [0.4, 0.5) is 0 Å². The highest BCUT2D eigenvalue weighted by atomic mass is 16.6. The lowest BCUT2D eigenvalue weighted by molar-refractivity contribution is -0.154. The Bertz CT molecular complexity index is 3590. The van der Waals surface area contributed by atoms with Gasteiger partial charge in [0.05, 0.1) is 85.6 Å². The molecule has 0 aliphatic carbocycles. The van der Waals surface area contributed by atoms with Crippen molar-refractivity contribution in [2.75, 3.05) is 130 Å². The molecule has 6 aromatic rings. The average molecular weight is 1520 g/mol. The van der Waals surface area contributed by atoms with Crippen molar-refractivity contribution in [3.8, 4) is 34.5 Å². The molecule has 0 aromatic heterocycles. The van der Waals surface area contributed by atoms with Crippen LogP contribution in [0.3, 0.4) is 0 Å². The number of ether oxygens (including phenoxy) is 9. The maximum atomic E-state index is 12.0. The lowest BCUT2D eigenvalue weighted by Crippen LogP contribution is -2.35. The lowest BCUT2D eigenvalue weighted by atomic mass is 10.0. The van der Waals surface area contributed by atoms with Crippen LogP contribution < -0.4 is 23.7 Å². The maximum absolute atomic E-state index is 12.0. The lowest BCUT2D eigenvalue weighted by Gasteiger charge is -2.22. The van der Waals surface area contributed by atoms with E-state index in [-0.39, 0.29) is 78.4 Å². The number of para-hydroxylation sites is 3. The number of aromatic hydroxyl groups is 1. The van der Waals surface area contributed by atoms with Gasteiger partial charge in [0.2, 0.25) is 0 Å². The predicted molar refractivity (Wildman–Crippen MR) is 412 cm³/mol. The Morgan fingerprint density at radius 1 is 0.431 bits per heavy atom. The number of methoxy groups -OCH3 is 3. The number of ketones is 1. The summed E-state index contributed by atoms with van der Waals surface area (Å²) < 4.78 is 46.2. The molecule has 6 N–H and O–H groups in total. The van der Waals surface area contributed by atoms with Gasteiger partial charge in [0.25, 0.3) is 0 Å². The van der Waals surface area contributed by atoms with Gasteiger partial charge < -0.3 is 97.7 Å². The number of aliphatic carboxylic acids is 1. The molecule has 0 saturated carbocycles. The summed E-state index contributed by atoms with van der Waals surface area (Å²) in [6, 6.07) is 47.4. The molecule has 27 heteroatoms. The van der Waals surface area contributed by atoms with E-state index >= 15 is 0 Å². The van der Waals surface area contributed by atoms with Crippen LogP contribution in [0.1, 0.15) is 93.1 Å². The number of hydrogen-bond donors (Lipinski definition) is 6. The van der Waals surface area contributed by atoms with Gasteiger partial charge >= 0.3 is 43.2 Å². The van der Waals surface area contributed by atoms with Gasteiger partial charge in [-0.25, -0.2) is 0 Å². The minimum absolute atomic E-state index is 0. The molecule has 8 rings (SSSR count). The largest absolute Gasteiger partial charge is 1.00 e. The van der Waals surface area contributed by atoms with Crippen molar-refractivity contribution in [3.05, 3.63) is 179 Å². The van der Waals surface area contributed by atoms with Crippen LogP contribution in [0.15, 0.2) is 146 Å². The molecule has 0 radical (unpaired) electrons. The van der Waals surface area contributed by atoms with Gasteiger partial charge in [0.1, 0.15) is 71.8 Å². The van der Waals surface area contributed by atoms with Gasteiger partial charge in [-0.3, -0.25) is 33.6 Å². The third-order valence-electron chi connectivity index (χ3n) is 15.3. The molecular formula is C82H115N4O23+. The minimum Gasteiger partial charge on any atom is -0.508 e. The number of esters is 6. The van der Waals surface area contributed by atoms with E-state index in [2.05, 4.69) is 39.8 Å². The van der Waals surface area contributed by atoms with Crippen LogP contribution in [-0.2, 0) is 95.8 Å². The van der Waals surface area contributed by atoms with Crippen LogP contribution in [-0.4, -0.2) is 253 Å². The predicted octanol–water partition coefficient (Wildman–Crippen LogP) is 7.70. The van der Waals surface area contributed by atoms with E-state index in [1.165, 1.54) is 23.6 Å². The minimum atomic E-state index is -1.03. The second-order valence-electron chi connectivity index (χ2n) is 26.3. The number of aliphatic hydroxyl groups is 4. The summed E-state index contributed by atoms with van der Waals surface area (Å²) in [7, 11) is 20.0. The number of phenolic OH excluding ortho intramolecular Hbond substituents is 1. The molecule has 0 bridgehead atoms. The van der Waals surface area contributed by atoms with Crippen molar-refractivity contribution in [1.82, 2.24) is 19.6 Å². The van der Waals surface area contributed by atoms with Crippen molar-refractivity contribution < 1.29 is 113 Å². The van der Waals surface area contributed by atoms with Crippen molar-refractivity contribution in [2.45, 2.75) is 121 Å². The van der Waals surface area contributed by atoms with Gasteiger partial charge in [0.15, 0.2) is 0 Å². The van der Waals surface area contributed by atoms with Crippen molar-refractivity contribution in [1.29, 1.82) is 0 Å². The van der Waals surface area contributed by atoms with E-state index in [9.17, 15) is 48.6 Å². The van der Waals surface area contributed by atoms with Gasteiger partial charge in [-0.15, -0.1) is 0 Å². The van der Waals surface area contributed by atoms with Gasteiger partial charge in [0, 0.05) is 32.6 Å². The summed E-state index contributed by atoms with van der Waals surface area (Å²) in [5.74, 6) is 0.911. The summed E-state index contributed by atoms with van der Waals surface area (Å²) in [5, 5.41) is 54.3. The maximum Gasteiger partial charge on any atom is 1.00 e. The fourth-order valence-electron chi connectivity index (χ4n) is 9.98. The number of carboxylic acid groups (broad SMARTS) is 1. The summed E-state index contributed by atoms with van der Waals surface area (Å²) in [6.45, 7) is 3.62. The third kappa shape index (κ3) is 46.2. The van der Waals surface area contributed by atoms with E-state index in [1.54, 1.807) is 27.4 Å².